The standard InChI is InChI=1S/C23H27FN4O/c1-4-22-21(15-26-28(22)20-11-9-19(24)10-12-20)23(29)25-14-17-7-6-8-18(13-17)16-27(3)5-2/h6-13,15H,4-5,14,16H2,1-3H3,(H,25,29). The number of nitrogens with zero attached hydrogens (tertiary/aromatic N) is 3. The van der Waals surface area contributed by atoms with E-state index in [1.807, 2.05) is 19.1 Å². The molecule has 1 heterocycles. The highest BCUT2D eigenvalue weighted by Crippen LogP contribution is 2.17. The fourth-order valence-electron chi connectivity index (χ4n) is 3.25. The van der Waals surface area contributed by atoms with Crippen LogP contribution >= 0.6 is 0 Å². The predicted molar refractivity (Wildman–Crippen MR) is 113 cm³/mol. The molecule has 0 saturated carbocycles. The Labute approximate surface area is 171 Å². The molecular formula is C23H27FN4O. The maximum absolute atomic E-state index is 13.2. The summed E-state index contributed by atoms with van der Waals surface area (Å²) in [5.74, 6) is -0.462. The fourth-order valence-corrected chi connectivity index (χ4v) is 3.25. The first-order valence-corrected chi connectivity index (χ1v) is 9.89. The van der Waals surface area contributed by atoms with Gasteiger partial charge in [0.15, 0.2) is 0 Å². The topological polar surface area (TPSA) is 50.2 Å². The minimum absolute atomic E-state index is 0.161. The highest BCUT2D eigenvalue weighted by atomic mass is 19.1. The van der Waals surface area contributed by atoms with Gasteiger partial charge in [0.2, 0.25) is 0 Å². The monoisotopic (exact) mass is 394 g/mol. The Morgan fingerprint density at radius 2 is 1.86 bits per heavy atom. The summed E-state index contributed by atoms with van der Waals surface area (Å²) < 4.78 is 14.9. The van der Waals surface area contributed by atoms with E-state index in [1.54, 1.807) is 23.0 Å². The molecule has 0 aliphatic carbocycles. The Morgan fingerprint density at radius 3 is 2.55 bits per heavy atom. The number of benzene rings is 2. The van der Waals surface area contributed by atoms with Gasteiger partial charge in [-0.3, -0.25) is 4.79 Å². The van der Waals surface area contributed by atoms with Crippen molar-refractivity contribution in [3.8, 4) is 5.69 Å². The third kappa shape index (κ3) is 5.09. The Hall–Kier alpha value is -2.99. The van der Waals surface area contributed by atoms with Crippen LogP contribution in [0.3, 0.4) is 0 Å². The molecule has 1 N–H and O–H groups in total. The van der Waals surface area contributed by atoms with Crippen molar-refractivity contribution < 1.29 is 9.18 Å². The van der Waals surface area contributed by atoms with Crippen molar-refractivity contribution in [2.75, 3.05) is 13.6 Å². The summed E-state index contributed by atoms with van der Waals surface area (Å²) in [5.41, 5.74) is 4.35. The number of carbonyl (C=O) groups excluding carboxylic acids is 1. The zero-order valence-corrected chi connectivity index (χ0v) is 17.2. The SMILES string of the molecule is CCc1c(C(=O)NCc2cccc(CN(C)CC)c2)cnn1-c1ccc(F)cc1. The van der Waals surface area contributed by atoms with Gasteiger partial charge in [-0.2, -0.15) is 5.10 Å². The maximum Gasteiger partial charge on any atom is 0.255 e. The molecule has 0 radical (unpaired) electrons. The molecule has 1 aromatic heterocycles. The number of rotatable bonds is 8. The highest BCUT2D eigenvalue weighted by Gasteiger charge is 2.17. The van der Waals surface area contributed by atoms with Crippen molar-refractivity contribution in [1.29, 1.82) is 0 Å². The summed E-state index contributed by atoms with van der Waals surface area (Å²) in [5, 5.41) is 7.34. The Kier molecular flexibility index (Phi) is 6.77. The smallest absolute Gasteiger partial charge is 0.255 e. The second-order valence-electron chi connectivity index (χ2n) is 7.08. The zero-order chi connectivity index (χ0) is 20.8. The largest absolute Gasteiger partial charge is 0.348 e. The van der Waals surface area contributed by atoms with Gasteiger partial charge in [0, 0.05) is 13.1 Å². The summed E-state index contributed by atoms with van der Waals surface area (Å²) in [6.07, 6.45) is 2.21. The van der Waals surface area contributed by atoms with Gasteiger partial charge in [0.25, 0.3) is 5.91 Å². The summed E-state index contributed by atoms with van der Waals surface area (Å²) in [4.78, 5) is 15.0. The fraction of sp³-hybridized carbons (Fsp3) is 0.304. The van der Waals surface area contributed by atoms with E-state index in [9.17, 15) is 9.18 Å². The van der Waals surface area contributed by atoms with Gasteiger partial charge < -0.3 is 10.2 Å². The van der Waals surface area contributed by atoms with Gasteiger partial charge in [0.05, 0.1) is 23.1 Å². The van der Waals surface area contributed by atoms with Gasteiger partial charge in [-0.25, -0.2) is 9.07 Å². The zero-order valence-electron chi connectivity index (χ0n) is 17.2. The van der Waals surface area contributed by atoms with Crippen molar-refractivity contribution in [3.63, 3.8) is 0 Å². The number of aromatic nitrogens is 2. The Balaban J connectivity index is 1.71. The van der Waals surface area contributed by atoms with Crippen LogP contribution in [0.15, 0.2) is 54.7 Å². The lowest BCUT2D eigenvalue weighted by molar-refractivity contribution is 0.0950. The van der Waals surface area contributed by atoms with Gasteiger partial charge in [-0.15, -0.1) is 0 Å². The molecule has 2 aromatic carbocycles. The lowest BCUT2D eigenvalue weighted by Crippen LogP contribution is -2.24. The Morgan fingerprint density at radius 1 is 1.14 bits per heavy atom. The number of amides is 1. The average molecular weight is 394 g/mol. The summed E-state index contributed by atoms with van der Waals surface area (Å²) in [6.45, 7) is 6.41. The molecule has 5 nitrogen and oxygen atoms in total. The van der Waals surface area contributed by atoms with Crippen LogP contribution in [0.4, 0.5) is 4.39 Å². The van der Waals surface area contributed by atoms with Crippen LogP contribution in [0.2, 0.25) is 0 Å². The summed E-state index contributed by atoms with van der Waals surface area (Å²) >= 11 is 0. The quantitative estimate of drug-likeness (QED) is 0.629. The van der Waals surface area contributed by atoms with Crippen LogP contribution in [0, 0.1) is 5.82 Å². The minimum Gasteiger partial charge on any atom is -0.348 e. The second kappa shape index (κ2) is 9.47. The molecule has 3 rings (SSSR count). The first-order chi connectivity index (χ1) is 14.0. The molecule has 29 heavy (non-hydrogen) atoms. The van der Waals surface area contributed by atoms with E-state index in [0.29, 0.717) is 18.5 Å². The molecule has 0 atom stereocenters. The molecule has 0 aliphatic heterocycles. The van der Waals surface area contributed by atoms with Crippen LogP contribution < -0.4 is 5.32 Å². The third-order valence-electron chi connectivity index (χ3n) is 4.96. The van der Waals surface area contributed by atoms with E-state index in [-0.39, 0.29) is 11.7 Å². The second-order valence-corrected chi connectivity index (χ2v) is 7.08. The molecule has 6 heteroatoms. The van der Waals surface area contributed by atoms with Gasteiger partial charge in [-0.1, -0.05) is 38.1 Å². The average Bonchev–Trinajstić information content (AvgIpc) is 3.17. The summed E-state index contributed by atoms with van der Waals surface area (Å²) in [6, 6.07) is 14.3. The first-order valence-electron chi connectivity index (χ1n) is 9.89. The molecule has 0 aliphatic rings. The lowest BCUT2D eigenvalue weighted by Gasteiger charge is -2.14. The predicted octanol–water partition coefficient (Wildman–Crippen LogP) is 3.96. The molecule has 0 bridgehead atoms. The van der Waals surface area contributed by atoms with Crippen LogP contribution in [0.5, 0.6) is 0 Å². The molecule has 0 spiro atoms. The van der Waals surface area contributed by atoms with E-state index in [1.165, 1.54) is 17.7 Å². The molecular weight excluding hydrogens is 367 g/mol. The van der Waals surface area contributed by atoms with Crippen LogP contribution in [0.1, 0.15) is 41.0 Å². The van der Waals surface area contributed by atoms with E-state index in [0.717, 1.165) is 30.0 Å². The van der Waals surface area contributed by atoms with E-state index >= 15 is 0 Å². The number of carbonyl (C=O) groups is 1. The van der Waals surface area contributed by atoms with Gasteiger partial charge in [-0.05, 0) is 55.4 Å². The molecule has 0 unspecified atom stereocenters. The van der Waals surface area contributed by atoms with Crippen molar-refractivity contribution in [3.05, 3.63) is 82.9 Å². The number of halogens is 1. The van der Waals surface area contributed by atoms with Crippen LogP contribution in [0.25, 0.3) is 5.69 Å². The van der Waals surface area contributed by atoms with Crippen molar-refractivity contribution in [2.24, 2.45) is 0 Å². The third-order valence-corrected chi connectivity index (χ3v) is 4.96. The van der Waals surface area contributed by atoms with Crippen LogP contribution in [-0.2, 0) is 19.5 Å². The molecule has 1 amide bonds. The molecule has 0 saturated heterocycles. The van der Waals surface area contributed by atoms with Crippen molar-refractivity contribution >= 4 is 5.91 Å². The van der Waals surface area contributed by atoms with Crippen molar-refractivity contribution in [2.45, 2.75) is 33.4 Å². The lowest BCUT2D eigenvalue weighted by atomic mass is 10.1. The van der Waals surface area contributed by atoms with Crippen LogP contribution in [-0.4, -0.2) is 34.2 Å². The number of nitrogens with one attached hydrogen (secondary N) is 1. The van der Waals surface area contributed by atoms with Gasteiger partial charge >= 0.3 is 0 Å². The van der Waals surface area contributed by atoms with Gasteiger partial charge in [0.1, 0.15) is 5.82 Å². The first kappa shape index (κ1) is 20.7. The molecule has 0 fully saturated rings. The van der Waals surface area contributed by atoms with E-state index < -0.39 is 0 Å². The minimum atomic E-state index is -0.302. The van der Waals surface area contributed by atoms with Crippen molar-refractivity contribution in [1.82, 2.24) is 20.0 Å². The number of hydrogen-bond acceptors (Lipinski definition) is 3. The summed E-state index contributed by atoms with van der Waals surface area (Å²) in [7, 11) is 2.08. The molecule has 3 aromatic rings. The highest BCUT2D eigenvalue weighted by molar-refractivity contribution is 5.95. The Bertz CT molecular complexity index is 965. The molecule has 152 valence electrons. The number of hydrogen-bond donors (Lipinski definition) is 1. The van der Waals surface area contributed by atoms with E-state index in [4.69, 9.17) is 0 Å². The normalized spacial score (nSPS) is 11.1. The van der Waals surface area contributed by atoms with E-state index in [2.05, 4.69) is 41.4 Å². The maximum atomic E-state index is 13.2.